The lowest BCUT2D eigenvalue weighted by atomic mass is 10.1. The summed E-state index contributed by atoms with van der Waals surface area (Å²) in [5.74, 6) is -0.357. The van der Waals surface area contributed by atoms with Gasteiger partial charge < -0.3 is 10.8 Å². The fraction of sp³-hybridized carbons (Fsp3) is 0.222. The molecule has 6 nitrogen and oxygen atoms in total. The molecule has 0 radical (unpaired) electrons. The van der Waals surface area contributed by atoms with Gasteiger partial charge in [0.2, 0.25) is 5.91 Å². The third kappa shape index (κ3) is 1.39. The van der Waals surface area contributed by atoms with Crippen LogP contribution in [0.1, 0.15) is 5.56 Å². The van der Waals surface area contributed by atoms with Crippen LogP contribution in [0.5, 0.6) is 0 Å². The molecule has 2 rings (SSSR count). The Balaban J connectivity index is 2.46. The maximum absolute atomic E-state index is 11.1. The Bertz CT molecular complexity index is 432. The number of pyridine rings is 1. The Morgan fingerprint density at radius 1 is 1.60 bits per heavy atom. The van der Waals surface area contributed by atoms with Gasteiger partial charge in [0.15, 0.2) is 0 Å². The second-order valence-corrected chi connectivity index (χ2v) is 3.26. The molecule has 0 fully saturated rings. The van der Waals surface area contributed by atoms with Gasteiger partial charge in [0, 0.05) is 12.6 Å². The monoisotopic (exact) mass is 207 g/mol. The van der Waals surface area contributed by atoms with Crippen LogP contribution in [0.4, 0.5) is 10.6 Å². The third-order valence-electron chi connectivity index (χ3n) is 2.36. The van der Waals surface area contributed by atoms with E-state index in [0.29, 0.717) is 12.2 Å². The molecule has 1 aromatic heterocycles. The smallest absolute Gasteiger partial charge is 0.413 e. The number of aromatic nitrogens is 1. The molecule has 78 valence electrons. The maximum atomic E-state index is 11.1. The molecule has 2 heterocycles. The van der Waals surface area contributed by atoms with Crippen molar-refractivity contribution >= 4 is 17.8 Å². The van der Waals surface area contributed by atoms with Gasteiger partial charge in [-0.1, -0.05) is 6.07 Å². The van der Waals surface area contributed by atoms with E-state index in [9.17, 15) is 9.59 Å². The summed E-state index contributed by atoms with van der Waals surface area (Å²) < 4.78 is 0. The van der Waals surface area contributed by atoms with Gasteiger partial charge in [0.25, 0.3) is 0 Å². The number of nitrogens with two attached hydrogens (primary N) is 1. The van der Waals surface area contributed by atoms with Crippen molar-refractivity contribution in [2.75, 3.05) is 4.90 Å². The zero-order valence-electron chi connectivity index (χ0n) is 7.75. The normalized spacial score (nSPS) is 18.7. The molecule has 2 amide bonds. The number of hydrogen-bond donors (Lipinski definition) is 2. The lowest BCUT2D eigenvalue weighted by Crippen LogP contribution is -2.45. The number of anilines is 1. The first-order valence-electron chi connectivity index (χ1n) is 4.36. The first-order chi connectivity index (χ1) is 7.11. The number of carboxylic acid groups (broad SMARTS) is 1. The minimum Gasteiger partial charge on any atom is -0.465 e. The highest BCUT2D eigenvalue weighted by molar-refractivity contribution is 5.98. The number of primary amides is 1. The van der Waals surface area contributed by atoms with Crippen molar-refractivity contribution in [1.29, 1.82) is 0 Å². The molecule has 0 saturated carbocycles. The average Bonchev–Trinajstić information content (AvgIpc) is 2.56. The van der Waals surface area contributed by atoms with Crippen molar-refractivity contribution in [2.24, 2.45) is 5.73 Å². The fourth-order valence-electron chi connectivity index (χ4n) is 1.71. The summed E-state index contributed by atoms with van der Waals surface area (Å²) in [6.07, 6.45) is 0.569. The van der Waals surface area contributed by atoms with Crippen molar-refractivity contribution in [3.8, 4) is 0 Å². The van der Waals surface area contributed by atoms with Crippen molar-refractivity contribution < 1.29 is 14.7 Å². The maximum Gasteiger partial charge on any atom is 0.413 e. The van der Waals surface area contributed by atoms with Crippen molar-refractivity contribution in [1.82, 2.24) is 4.98 Å². The number of hydrogen-bond acceptors (Lipinski definition) is 3. The minimum absolute atomic E-state index is 0.296. The van der Waals surface area contributed by atoms with Crippen molar-refractivity contribution in [3.05, 3.63) is 23.9 Å². The molecule has 0 saturated heterocycles. The number of carbonyl (C=O) groups is 2. The summed E-state index contributed by atoms with van der Waals surface area (Å²) >= 11 is 0. The zero-order valence-corrected chi connectivity index (χ0v) is 7.75. The van der Waals surface area contributed by atoms with E-state index in [0.717, 1.165) is 10.5 Å². The summed E-state index contributed by atoms with van der Waals surface area (Å²) in [5.41, 5.74) is 5.86. The van der Waals surface area contributed by atoms with Gasteiger partial charge in [-0.3, -0.25) is 4.79 Å². The summed E-state index contributed by atoms with van der Waals surface area (Å²) in [5, 5.41) is 8.96. The zero-order chi connectivity index (χ0) is 11.0. The van der Waals surface area contributed by atoms with Crippen LogP contribution < -0.4 is 10.6 Å². The van der Waals surface area contributed by atoms with Gasteiger partial charge in [-0.15, -0.1) is 0 Å². The highest BCUT2D eigenvalue weighted by Gasteiger charge is 2.38. The second-order valence-electron chi connectivity index (χ2n) is 3.26. The fourth-order valence-corrected chi connectivity index (χ4v) is 1.71. The van der Waals surface area contributed by atoms with Crippen LogP contribution in [0.2, 0.25) is 0 Å². The topological polar surface area (TPSA) is 96.5 Å². The molecule has 6 heteroatoms. The molecule has 0 bridgehead atoms. The Morgan fingerprint density at radius 2 is 2.33 bits per heavy atom. The Morgan fingerprint density at radius 3 is 2.93 bits per heavy atom. The molecular formula is C9H9N3O3. The van der Waals surface area contributed by atoms with Crippen molar-refractivity contribution in [2.45, 2.75) is 12.5 Å². The van der Waals surface area contributed by atoms with E-state index in [1.54, 1.807) is 12.1 Å². The van der Waals surface area contributed by atoms with Crippen LogP contribution in [-0.4, -0.2) is 28.1 Å². The lowest BCUT2D eigenvalue weighted by molar-refractivity contribution is -0.119. The number of carbonyl (C=O) groups excluding carboxylic acids is 1. The standard InChI is InChI=1S/C9H9N3O3/c10-7(13)6-4-5-2-1-3-11-8(5)12(6)9(14)15/h1-3,6H,4H2,(H2,10,13)(H,14,15). The summed E-state index contributed by atoms with van der Waals surface area (Å²) in [6.45, 7) is 0. The summed E-state index contributed by atoms with van der Waals surface area (Å²) in [4.78, 5) is 26.9. The average molecular weight is 207 g/mol. The Kier molecular flexibility index (Phi) is 2.03. The van der Waals surface area contributed by atoms with E-state index >= 15 is 0 Å². The van der Waals surface area contributed by atoms with Gasteiger partial charge in [-0.25, -0.2) is 14.7 Å². The quantitative estimate of drug-likeness (QED) is 0.676. The number of rotatable bonds is 1. The Hall–Kier alpha value is -2.11. The SMILES string of the molecule is NC(=O)C1Cc2cccnc2N1C(=O)O. The van der Waals surface area contributed by atoms with Crippen LogP contribution in [0, 0.1) is 0 Å². The third-order valence-corrected chi connectivity index (χ3v) is 2.36. The summed E-state index contributed by atoms with van der Waals surface area (Å²) in [7, 11) is 0. The van der Waals surface area contributed by atoms with Crippen LogP contribution in [0.15, 0.2) is 18.3 Å². The van der Waals surface area contributed by atoms with Crippen LogP contribution in [-0.2, 0) is 11.2 Å². The molecule has 0 aromatic carbocycles. The first-order valence-corrected chi connectivity index (χ1v) is 4.36. The lowest BCUT2D eigenvalue weighted by Gasteiger charge is -2.17. The Labute approximate surface area is 85.3 Å². The second kappa shape index (κ2) is 3.23. The number of nitrogens with zero attached hydrogens (tertiary/aromatic N) is 2. The van der Waals surface area contributed by atoms with E-state index in [2.05, 4.69) is 4.98 Å². The van der Waals surface area contributed by atoms with E-state index in [1.807, 2.05) is 0 Å². The van der Waals surface area contributed by atoms with Crippen LogP contribution in [0.3, 0.4) is 0 Å². The molecule has 1 aliphatic heterocycles. The summed E-state index contributed by atoms with van der Waals surface area (Å²) in [6, 6.07) is 2.59. The molecule has 1 aromatic rings. The van der Waals surface area contributed by atoms with E-state index < -0.39 is 18.0 Å². The van der Waals surface area contributed by atoms with E-state index in [1.165, 1.54) is 6.20 Å². The van der Waals surface area contributed by atoms with Gasteiger partial charge in [-0.05, 0) is 11.6 Å². The van der Waals surface area contributed by atoms with E-state index in [-0.39, 0.29) is 0 Å². The molecule has 1 atom stereocenters. The van der Waals surface area contributed by atoms with E-state index in [4.69, 9.17) is 10.8 Å². The molecule has 15 heavy (non-hydrogen) atoms. The predicted molar refractivity (Wildman–Crippen MR) is 51.4 cm³/mol. The number of amides is 2. The van der Waals surface area contributed by atoms with Gasteiger partial charge in [0.1, 0.15) is 11.9 Å². The molecule has 1 unspecified atom stereocenters. The van der Waals surface area contributed by atoms with Crippen LogP contribution >= 0.6 is 0 Å². The molecule has 0 spiro atoms. The highest BCUT2D eigenvalue weighted by Crippen LogP contribution is 2.29. The number of fused-ring (bicyclic) bond motifs is 1. The van der Waals surface area contributed by atoms with Gasteiger partial charge in [-0.2, -0.15) is 0 Å². The predicted octanol–water partition coefficient (Wildman–Crippen LogP) is -0.0240. The highest BCUT2D eigenvalue weighted by atomic mass is 16.4. The molecular weight excluding hydrogens is 198 g/mol. The molecule has 1 aliphatic rings. The first kappa shape index (κ1) is 9.45. The van der Waals surface area contributed by atoms with Crippen LogP contribution in [0.25, 0.3) is 0 Å². The molecule has 3 N–H and O–H groups in total. The largest absolute Gasteiger partial charge is 0.465 e. The van der Waals surface area contributed by atoms with Crippen molar-refractivity contribution in [3.63, 3.8) is 0 Å². The van der Waals surface area contributed by atoms with Gasteiger partial charge in [0.05, 0.1) is 0 Å². The molecule has 0 aliphatic carbocycles. The minimum atomic E-state index is -1.21. The van der Waals surface area contributed by atoms with Gasteiger partial charge >= 0.3 is 6.09 Å².